The van der Waals surface area contributed by atoms with Gasteiger partial charge >= 0.3 is 0 Å². The third-order valence-electron chi connectivity index (χ3n) is 10.8. The lowest BCUT2D eigenvalue weighted by atomic mass is 9.39. The second-order valence-corrected chi connectivity index (χ2v) is 13.9. The Labute approximate surface area is 219 Å². The number of carbonyl (C=O) groups excluding carboxylic acids is 3. The number of ketones is 3. The van der Waals surface area contributed by atoms with Crippen LogP contribution in [0.5, 0.6) is 0 Å². The first kappa shape index (κ1) is 27.9. The van der Waals surface area contributed by atoms with E-state index in [0.717, 1.165) is 11.6 Å². The summed E-state index contributed by atoms with van der Waals surface area (Å²) < 4.78 is 0. The minimum Gasteiger partial charge on any atom is -0.505 e. The molecule has 0 saturated heterocycles. The Kier molecular flexibility index (Phi) is 6.01. The first-order chi connectivity index (χ1) is 16.7. The van der Waals surface area contributed by atoms with Gasteiger partial charge in [0.2, 0.25) is 5.78 Å². The van der Waals surface area contributed by atoms with Crippen LogP contribution in [0.4, 0.5) is 0 Å². The van der Waals surface area contributed by atoms with Gasteiger partial charge in [0.05, 0.1) is 17.1 Å². The largest absolute Gasteiger partial charge is 0.505 e. The average Bonchev–Trinajstić information content (AvgIpc) is 2.96. The second kappa shape index (κ2) is 7.96. The number of aliphatic hydroxyl groups excluding tert-OH is 2. The van der Waals surface area contributed by atoms with Gasteiger partial charge in [-0.2, -0.15) is 0 Å². The Morgan fingerprint density at radius 3 is 2.22 bits per heavy atom. The van der Waals surface area contributed by atoms with Gasteiger partial charge in [0, 0.05) is 23.7 Å². The predicted octanol–water partition coefficient (Wildman–Crippen LogP) is 3.62. The summed E-state index contributed by atoms with van der Waals surface area (Å²) >= 11 is 0. The molecule has 2 saturated carbocycles. The maximum absolute atomic E-state index is 14.2. The van der Waals surface area contributed by atoms with Crippen molar-refractivity contribution in [2.24, 2.45) is 39.4 Å². The molecule has 7 heteroatoms. The van der Waals surface area contributed by atoms with Crippen molar-refractivity contribution in [3.8, 4) is 0 Å². The molecule has 0 amide bonds. The molecule has 0 aromatic rings. The molecule has 4 rings (SSSR count). The van der Waals surface area contributed by atoms with E-state index in [4.69, 9.17) is 0 Å². The maximum Gasteiger partial charge on any atom is 0.206 e. The van der Waals surface area contributed by atoms with Gasteiger partial charge < -0.3 is 20.4 Å². The van der Waals surface area contributed by atoms with Gasteiger partial charge in [-0.15, -0.1) is 0 Å². The lowest BCUT2D eigenvalue weighted by Crippen LogP contribution is -2.64. The van der Waals surface area contributed by atoms with Crippen LogP contribution in [0.25, 0.3) is 0 Å². The monoisotopic (exact) mass is 514 g/mol. The Morgan fingerprint density at radius 2 is 1.65 bits per heavy atom. The summed E-state index contributed by atoms with van der Waals surface area (Å²) in [5, 5.41) is 43.6. The molecule has 7 nitrogen and oxygen atoms in total. The average molecular weight is 515 g/mol. The Bertz CT molecular complexity index is 1150. The van der Waals surface area contributed by atoms with Crippen molar-refractivity contribution < 1.29 is 34.8 Å². The molecule has 0 aromatic heterocycles. The quantitative estimate of drug-likeness (QED) is 0.333. The smallest absolute Gasteiger partial charge is 0.206 e. The number of fused-ring (bicyclic) bond motifs is 5. The molecule has 0 heterocycles. The van der Waals surface area contributed by atoms with E-state index in [0.29, 0.717) is 12.8 Å². The van der Waals surface area contributed by atoms with E-state index in [2.05, 4.69) is 0 Å². The fraction of sp³-hybridized carbons (Fsp3) is 0.700. The maximum atomic E-state index is 14.2. The molecule has 0 aromatic carbocycles. The highest BCUT2D eigenvalue weighted by Gasteiger charge is 2.74. The number of aliphatic hydroxyl groups is 4. The van der Waals surface area contributed by atoms with E-state index in [-0.39, 0.29) is 29.7 Å². The summed E-state index contributed by atoms with van der Waals surface area (Å²) in [6.45, 7) is 13.8. The van der Waals surface area contributed by atoms with Crippen molar-refractivity contribution in [2.45, 2.75) is 92.0 Å². The van der Waals surface area contributed by atoms with E-state index >= 15 is 0 Å². The molecule has 1 unspecified atom stereocenters. The fourth-order valence-electron chi connectivity index (χ4n) is 8.58. The minimum atomic E-state index is -1.96. The van der Waals surface area contributed by atoms with Crippen LogP contribution in [-0.2, 0) is 14.4 Å². The van der Waals surface area contributed by atoms with Gasteiger partial charge in [-0.3, -0.25) is 14.4 Å². The fourth-order valence-corrected chi connectivity index (χ4v) is 8.58. The van der Waals surface area contributed by atoms with Gasteiger partial charge in [-0.1, -0.05) is 38.5 Å². The zero-order chi connectivity index (χ0) is 28.1. The first-order valence-corrected chi connectivity index (χ1v) is 13.2. The lowest BCUT2D eigenvalue weighted by molar-refractivity contribution is -0.179. The number of allylic oxidation sites excluding steroid dienone is 4. The summed E-state index contributed by atoms with van der Waals surface area (Å²) in [6.07, 6.45) is 5.85. The number of rotatable bonds is 4. The van der Waals surface area contributed by atoms with E-state index in [1.807, 2.05) is 26.8 Å². The molecule has 4 aliphatic carbocycles. The van der Waals surface area contributed by atoms with Gasteiger partial charge in [-0.05, 0) is 76.4 Å². The highest BCUT2D eigenvalue weighted by Crippen LogP contribution is 2.73. The SMILES string of the molecule is CC(C)(O)/C=C/C(=O)[C@@](C)(O)C1[C@@H](O)C[C@@]2(C)[C@H]3CC=C4[C@H](C=C(O)C(=O)C4(C)C)[C@@]3(C)C(=O)C[C@]12C. The van der Waals surface area contributed by atoms with Gasteiger partial charge in [-0.25, -0.2) is 0 Å². The highest BCUT2D eigenvalue weighted by molar-refractivity contribution is 6.02. The van der Waals surface area contributed by atoms with Crippen molar-refractivity contribution in [3.05, 3.63) is 35.6 Å². The third kappa shape index (κ3) is 3.60. The number of hydrogen-bond donors (Lipinski definition) is 4. The van der Waals surface area contributed by atoms with Gasteiger partial charge in [0.25, 0.3) is 0 Å². The second-order valence-electron chi connectivity index (χ2n) is 13.9. The molecule has 0 bridgehead atoms. The van der Waals surface area contributed by atoms with Crippen LogP contribution in [0.1, 0.15) is 74.7 Å². The van der Waals surface area contributed by atoms with Crippen LogP contribution in [0.3, 0.4) is 0 Å². The van der Waals surface area contributed by atoms with Crippen molar-refractivity contribution in [3.63, 3.8) is 0 Å². The zero-order valence-electron chi connectivity index (χ0n) is 23.3. The Hall–Kier alpha value is -2.09. The normalized spacial score (nSPS) is 42.9. The summed E-state index contributed by atoms with van der Waals surface area (Å²) in [5.41, 5.74) is -5.75. The standard InChI is InChI=1S/C30H42O7/c1-25(2,36)12-11-21(33)30(8,37)23-19(32)14-27(5)20-10-9-16-17(13-18(31)24(35)26(16,3)4)29(20,7)22(34)15-28(23,27)6/h9,11-13,17,19-20,23,31-32,36-37H,10,14-15H2,1-8H3/b12-11+/t17-,19-,20+,23?,27-,28+,29+,30+/m0/s1. The Balaban J connectivity index is 1.82. The molecule has 37 heavy (non-hydrogen) atoms. The van der Waals surface area contributed by atoms with Crippen molar-refractivity contribution in [1.29, 1.82) is 0 Å². The topological polar surface area (TPSA) is 132 Å². The molecule has 0 radical (unpaired) electrons. The summed E-state index contributed by atoms with van der Waals surface area (Å²) in [7, 11) is 0. The number of hydrogen-bond acceptors (Lipinski definition) is 7. The van der Waals surface area contributed by atoms with Crippen molar-refractivity contribution >= 4 is 17.3 Å². The van der Waals surface area contributed by atoms with Crippen molar-refractivity contribution in [2.75, 3.05) is 0 Å². The van der Waals surface area contributed by atoms with Crippen LogP contribution >= 0.6 is 0 Å². The molecule has 0 aliphatic heterocycles. The zero-order valence-corrected chi connectivity index (χ0v) is 23.3. The summed E-state index contributed by atoms with van der Waals surface area (Å²) in [6, 6.07) is 0. The van der Waals surface area contributed by atoms with Crippen LogP contribution in [0.2, 0.25) is 0 Å². The predicted molar refractivity (Wildman–Crippen MR) is 138 cm³/mol. The van der Waals surface area contributed by atoms with Crippen LogP contribution in [0, 0.1) is 39.4 Å². The Morgan fingerprint density at radius 1 is 1.05 bits per heavy atom. The van der Waals surface area contributed by atoms with Crippen LogP contribution in [0.15, 0.2) is 35.6 Å². The molecule has 8 atom stereocenters. The van der Waals surface area contributed by atoms with E-state index in [9.17, 15) is 34.8 Å². The summed E-state index contributed by atoms with van der Waals surface area (Å²) in [5.74, 6) is -2.98. The minimum absolute atomic E-state index is 0.0453. The molecule has 0 spiro atoms. The third-order valence-corrected chi connectivity index (χ3v) is 10.8. The summed E-state index contributed by atoms with van der Waals surface area (Å²) in [4.78, 5) is 40.1. The molecule has 4 aliphatic rings. The van der Waals surface area contributed by atoms with Gasteiger partial charge in [0.1, 0.15) is 11.4 Å². The number of carbonyl (C=O) groups is 3. The van der Waals surface area contributed by atoms with Crippen LogP contribution in [-0.4, -0.2) is 55.1 Å². The van der Waals surface area contributed by atoms with E-state index < -0.39 is 56.6 Å². The molecule has 204 valence electrons. The van der Waals surface area contributed by atoms with Crippen molar-refractivity contribution in [1.82, 2.24) is 0 Å². The van der Waals surface area contributed by atoms with Gasteiger partial charge in [0.15, 0.2) is 11.5 Å². The molecular formula is C30H42O7. The lowest BCUT2D eigenvalue weighted by Gasteiger charge is -2.63. The van der Waals surface area contributed by atoms with Crippen LogP contribution < -0.4 is 0 Å². The molecule has 4 N–H and O–H groups in total. The highest BCUT2D eigenvalue weighted by atomic mass is 16.3. The van der Waals surface area contributed by atoms with E-state index in [1.54, 1.807) is 13.8 Å². The first-order valence-electron chi connectivity index (χ1n) is 13.2. The number of Topliss-reactive ketones (excluding diaryl/α,β-unsaturated/α-hetero) is 2. The molecular weight excluding hydrogens is 472 g/mol. The van der Waals surface area contributed by atoms with E-state index in [1.165, 1.54) is 32.9 Å². The molecule has 2 fully saturated rings.